The number of allylic oxidation sites excluding steroid dienone is 1. The molecule has 9 N–H and O–H groups in total. The first-order valence-corrected chi connectivity index (χ1v) is 18.6. The van der Waals surface area contributed by atoms with Crippen LogP contribution in [0.1, 0.15) is 79.1 Å². The van der Waals surface area contributed by atoms with E-state index in [4.69, 9.17) is 10.8 Å². The fraction of sp³-hybridized carbons (Fsp3) is 0.750. The largest absolute Gasteiger partial charge is 0.480 e. The minimum atomic E-state index is -1.35. The van der Waals surface area contributed by atoms with E-state index in [1.165, 1.54) is 29.6 Å². The van der Waals surface area contributed by atoms with Gasteiger partial charge in [0.1, 0.15) is 23.8 Å². The molecule has 0 saturated heterocycles. The van der Waals surface area contributed by atoms with Crippen LogP contribution >= 0.6 is 23.5 Å². The van der Waals surface area contributed by atoms with Crippen LogP contribution in [0, 0.1) is 22.7 Å². The quantitative estimate of drug-likeness (QED) is 0.0500. The molecule has 2 saturated carbocycles. The molecule has 0 spiro atoms. The number of carboxylic acid groups (broad SMARTS) is 4. The lowest BCUT2D eigenvalue weighted by Gasteiger charge is -2.29. The number of amides is 2. The standard InChI is InChI=1S/C32H52N4O10S2/c1-31(2)14-18(31)25(37)35-22(28(41)42)11-6-5-8-12-48-17-23(29(43)44)34-21(10-7-9-13-47-16-20(33)27(39)40)24(30(45)46)36-26(38)19-15-32(19,3)4/h11,18-21,23-24,34H,5-10,12-17,33H2,1-4H3,(H,35,37)(H,36,38)(H,39,40)(H,41,42)(H,43,44)(H,45,46)/b22-11-/t18-,19-,20+,21?,23+,24?/m1/s1. The second-order valence-electron chi connectivity index (χ2n) is 14.0. The lowest BCUT2D eigenvalue weighted by atomic mass is 10.00. The molecular formula is C32H52N4O10S2. The summed E-state index contributed by atoms with van der Waals surface area (Å²) in [5.74, 6) is -4.41. The van der Waals surface area contributed by atoms with E-state index in [1.54, 1.807) is 0 Å². The normalized spacial score (nSPS) is 21.6. The number of hydrogen-bond donors (Lipinski definition) is 8. The van der Waals surface area contributed by atoms with Gasteiger partial charge in [-0.1, -0.05) is 40.2 Å². The Morgan fingerprint density at radius 1 is 0.792 bits per heavy atom. The van der Waals surface area contributed by atoms with Gasteiger partial charge in [-0.25, -0.2) is 9.59 Å². The minimum Gasteiger partial charge on any atom is -0.480 e. The van der Waals surface area contributed by atoms with E-state index in [9.17, 15) is 44.1 Å². The number of carbonyl (C=O) groups is 6. The SMILES string of the molecule is CC1(C)C[C@@H]1C(=O)N/C(=C\CCCCSC[C@H](NC(CCCCSC[C@H](N)C(=O)O)C(NC(=O)[C@H]1CC1(C)C)C(=O)O)C(=O)O)C(=O)O. The van der Waals surface area contributed by atoms with Gasteiger partial charge in [-0.2, -0.15) is 23.5 Å². The summed E-state index contributed by atoms with van der Waals surface area (Å²) in [6.45, 7) is 7.74. The summed E-state index contributed by atoms with van der Waals surface area (Å²) in [4.78, 5) is 72.2. The molecule has 0 aliphatic heterocycles. The van der Waals surface area contributed by atoms with Crippen molar-refractivity contribution in [1.29, 1.82) is 0 Å². The molecule has 2 amide bonds. The third-order valence-electron chi connectivity index (χ3n) is 8.87. The zero-order valence-corrected chi connectivity index (χ0v) is 29.8. The average Bonchev–Trinajstić information content (AvgIpc) is 3.85. The molecule has 0 aromatic heterocycles. The number of rotatable bonds is 25. The molecule has 16 heteroatoms. The fourth-order valence-corrected chi connectivity index (χ4v) is 7.29. The molecular weight excluding hydrogens is 665 g/mol. The number of nitrogens with one attached hydrogen (secondary N) is 3. The van der Waals surface area contributed by atoms with E-state index in [0.29, 0.717) is 56.5 Å². The van der Waals surface area contributed by atoms with Gasteiger partial charge in [0.25, 0.3) is 0 Å². The van der Waals surface area contributed by atoms with Crippen molar-refractivity contribution in [3.63, 3.8) is 0 Å². The zero-order valence-electron chi connectivity index (χ0n) is 28.2. The van der Waals surface area contributed by atoms with Crippen LogP contribution in [0.15, 0.2) is 11.8 Å². The van der Waals surface area contributed by atoms with E-state index in [0.717, 1.165) is 0 Å². The molecule has 48 heavy (non-hydrogen) atoms. The fourth-order valence-electron chi connectivity index (χ4n) is 5.27. The van der Waals surface area contributed by atoms with Crippen molar-refractivity contribution in [3.8, 4) is 0 Å². The van der Waals surface area contributed by atoms with Gasteiger partial charge in [-0.15, -0.1) is 0 Å². The second-order valence-corrected chi connectivity index (χ2v) is 16.3. The molecule has 0 aromatic rings. The van der Waals surface area contributed by atoms with E-state index < -0.39 is 48.0 Å². The second kappa shape index (κ2) is 18.8. The Kier molecular flexibility index (Phi) is 16.2. The molecule has 2 rings (SSSR count). The van der Waals surface area contributed by atoms with E-state index in [2.05, 4.69) is 16.0 Å². The number of carboxylic acids is 4. The van der Waals surface area contributed by atoms with Gasteiger partial charge >= 0.3 is 23.9 Å². The molecule has 0 radical (unpaired) electrons. The van der Waals surface area contributed by atoms with Crippen LogP contribution < -0.4 is 21.7 Å². The predicted molar refractivity (Wildman–Crippen MR) is 184 cm³/mol. The number of thioether (sulfide) groups is 2. The molecule has 272 valence electrons. The number of nitrogens with two attached hydrogens (primary N) is 1. The van der Waals surface area contributed by atoms with E-state index in [1.807, 2.05) is 27.7 Å². The molecule has 14 nitrogen and oxygen atoms in total. The lowest BCUT2D eigenvalue weighted by molar-refractivity contribution is -0.144. The summed E-state index contributed by atoms with van der Waals surface area (Å²) in [7, 11) is 0. The zero-order chi connectivity index (χ0) is 36.2. The molecule has 2 unspecified atom stereocenters. The van der Waals surface area contributed by atoms with Crippen molar-refractivity contribution in [2.45, 2.75) is 103 Å². The molecule has 0 heterocycles. The summed E-state index contributed by atoms with van der Waals surface area (Å²) in [6, 6.07) is -4.31. The van der Waals surface area contributed by atoms with Gasteiger partial charge in [-0.3, -0.25) is 24.5 Å². The average molecular weight is 717 g/mol. The third kappa shape index (κ3) is 14.0. The first-order valence-electron chi connectivity index (χ1n) is 16.3. The van der Waals surface area contributed by atoms with Crippen molar-refractivity contribution in [2.24, 2.45) is 28.4 Å². The summed E-state index contributed by atoms with van der Waals surface area (Å²) < 4.78 is 0. The molecule has 0 bridgehead atoms. The van der Waals surface area contributed by atoms with Crippen LogP contribution in [-0.2, 0) is 28.8 Å². The minimum absolute atomic E-state index is 0.122. The Labute approximate surface area is 290 Å². The monoisotopic (exact) mass is 716 g/mol. The van der Waals surface area contributed by atoms with Gasteiger partial charge in [0.2, 0.25) is 11.8 Å². The highest BCUT2D eigenvalue weighted by atomic mass is 32.2. The summed E-state index contributed by atoms with van der Waals surface area (Å²) >= 11 is 2.72. The van der Waals surface area contributed by atoms with Crippen LogP contribution in [0.3, 0.4) is 0 Å². The Morgan fingerprint density at radius 2 is 1.33 bits per heavy atom. The summed E-state index contributed by atoms with van der Waals surface area (Å²) in [6.07, 6.45) is 5.89. The maximum atomic E-state index is 12.8. The van der Waals surface area contributed by atoms with Crippen LogP contribution in [0.25, 0.3) is 0 Å². The Balaban J connectivity index is 1.92. The van der Waals surface area contributed by atoms with Crippen molar-refractivity contribution >= 4 is 59.2 Å². The molecule has 2 aliphatic rings. The number of unbranched alkanes of at least 4 members (excludes halogenated alkanes) is 3. The van der Waals surface area contributed by atoms with Crippen molar-refractivity contribution in [1.82, 2.24) is 16.0 Å². The Morgan fingerprint density at radius 3 is 1.83 bits per heavy atom. The highest BCUT2D eigenvalue weighted by molar-refractivity contribution is 7.99. The third-order valence-corrected chi connectivity index (χ3v) is 11.2. The molecule has 0 aromatic carbocycles. The van der Waals surface area contributed by atoms with Gasteiger partial charge in [0.15, 0.2) is 0 Å². The Bertz CT molecular complexity index is 1210. The van der Waals surface area contributed by atoms with E-state index in [-0.39, 0.29) is 58.1 Å². The summed E-state index contributed by atoms with van der Waals surface area (Å²) in [5.41, 5.74) is 5.03. The molecule has 2 aliphatic carbocycles. The first kappa shape index (κ1) is 41.4. The van der Waals surface area contributed by atoms with E-state index >= 15 is 0 Å². The lowest BCUT2D eigenvalue weighted by Crippen LogP contribution is -2.58. The van der Waals surface area contributed by atoms with Gasteiger partial charge in [-0.05, 0) is 67.3 Å². The number of aliphatic carboxylic acids is 4. The van der Waals surface area contributed by atoms with Crippen LogP contribution in [0.5, 0.6) is 0 Å². The number of carbonyl (C=O) groups excluding carboxylic acids is 2. The maximum Gasteiger partial charge on any atom is 0.352 e. The van der Waals surface area contributed by atoms with Crippen LogP contribution in [0.4, 0.5) is 0 Å². The van der Waals surface area contributed by atoms with Gasteiger partial charge < -0.3 is 36.8 Å². The van der Waals surface area contributed by atoms with Crippen molar-refractivity contribution in [2.75, 3.05) is 23.0 Å². The van der Waals surface area contributed by atoms with Crippen LogP contribution in [-0.4, -0.2) is 103 Å². The maximum absolute atomic E-state index is 12.8. The van der Waals surface area contributed by atoms with Crippen molar-refractivity contribution < 1.29 is 49.2 Å². The van der Waals surface area contributed by atoms with Crippen molar-refractivity contribution in [3.05, 3.63) is 11.8 Å². The number of hydrogen-bond acceptors (Lipinski definition) is 10. The van der Waals surface area contributed by atoms with Gasteiger partial charge in [0.05, 0.1) is 0 Å². The smallest absolute Gasteiger partial charge is 0.352 e. The summed E-state index contributed by atoms with van der Waals surface area (Å²) in [5, 5.41) is 46.5. The molecule has 6 atom stereocenters. The highest BCUT2D eigenvalue weighted by Gasteiger charge is 2.52. The highest BCUT2D eigenvalue weighted by Crippen LogP contribution is 2.52. The molecule has 2 fully saturated rings. The Hall–Kier alpha value is -2.82. The predicted octanol–water partition coefficient (Wildman–Crippen LogP) is 2.36. The first-order chi connectivity index (χ1) is 22.4. The van der Waals surface area contributed by atoms with Gasteiger partial charge in [0, 0.05) is 29.4 Å². The van der Waals surface area contributed by atoms with Crippen LogP contribution in [0.2, 0.25) is 0 Å². The topological polar surface area (TPSA) is 245 Å².